The lowest BCUT2D eigenvalue weighted by atomic mass is 9.92. The molecule has 0 aliphatic carbocycles. The Balaban J connectivity index is 0.000000649. The predicted octanol–water partition coefficient (Wildman–Crippen LogP) is 4.06. The molecule has 0 spiro atoms. The fourth-order valence-corrected chi connectivity index (χ4v) is 5.50. The van der Waals surface area contributed by atoms with Crippen molar-refractivity contribution in [2.75, 3.05) is 41.6 Å². The van der Waals surface area contributed by atoms with Crippen LogP contribution >= 0.6 is 0 Å². The number of esters is 1. The third-order valence-corrected chi connectivity index (χ3v) is 8.86. The molecule has 37 heavy (non-hydrogen) atoms. The molecule has 11 heteroatoms. The number of carbonyl (C=O) groups excluding carboxylic acids is 2. The molecule has 0 saturated heterocycles. The second kappa shape index (κ2) is 16.3. The summed E-state index contributed by atoms with van der Waals surface area (Å²) in [6.07, 6.45) is 3.92. The number of rotatable bonds is 12. The number of nitrogens with one attached hydrogen (secondary N) is 1. The highest BCUT2D eigenvalue weighted by molar-refractivity contribution is 6.60. The van der Waals surface area contributed by atoms with E-state index >= 15 is 0 Å². The molecular formula is C26H43N3O7Si. The number of nitrogens with zero attached hydrogens (tertiary/aromatic N) is 2. The van der Waals surface area contributed by atoms with E-state index in [-0.39, 0.29) is 24.0 Å². The molecule has 0 saturated carbocycles. The summed E-state index contributed by atoms with van der Waals surface area (Å²) < 4.78 is 27.1. The molecule has 0 fully saturated rings. The highest BCUT2D eigenvalue weighted by Crippen LogP contribution is 2.27. The zero-order valence-electron chi connectivity index (χ0n) is 23.6. The summed E-state index contributed by atoms with van der Waals surface area (Å²) in [5.74, 6) is -0.148. The lowest BCUT2D eigenvalue weighted by Gasteiger charge is -2.24. The van der Waals surface area contributed by atoms with E-state index in [4.69, 9.17) is 22.8 Å². The highest BCUT2D eigenvalue weighted by atomic mass is 28.4. The number of ether oxygens (including phenoxy) is 2. The van der Waals surface area contributed by atoms with Crippen molar-refractivity contribution in [1.82, 2.24) is 14.9 Å². The maximum atomic E-state index is 12.4. The third-order valence-electron chi connectivity index (χ3n) is 6.03. The molecule has 1 amide bonds. The van der Waals surface area contributed by atoms with Gasteiger partial charge < -0.3 is 28.1 Å². The average molecular weight is 538 g/mol. The van der Waals surface area contributed by atoms with Gasteiger partial charge in [0.15, 0.2) is 0 Å². The topological polar surface area (TPSA) is 110 Å². The Hall–Kier alpha value is -2.57. The Bertz CT molecular complexity index is 971. The molecule has 0 bridgehead atoms. The first-order valence-corrected chi connectivity index (χ1v) is 14.2. The Kier molecular flexibility index (Phi) is 14.3. The highest BCUT2D eigenvalue weighted by Gasteiger charge is 2.36. The first-order valence-electron chi connectivity index (χ1n) is 12.2. The number of hydrogen-bond acceptors (Lipinski definition) is 8. The summed E-state index contributed by atoms with van der Waals surface area (Å²) in [5.41, 5.74) is 4.61. The van der Waals surface area contributed by atoms with Crippen LogP contribution in [0.1, 0.15) is 55.5 Å². The van der Waals surface area contributed by atoms with Crippen LogP contribution in [-0.4, -0.2) is 78.1 Å². The number of amides is 1. The number of carbonyl (C=O) groups is 2. The minimum absolute atomic E-state index is 0.116. The van der Waals surface area contributed by atoms with Crippen LogP contribution in [0.4, 0.5) is 4.79 Å². The van der Waals surface area contributed by atoms with Crippen LogP contribution in [-0.2, 0) is 27.5 Å². The van der Waals surface area contributed by atoms with Crippen molar-refractivity contribution in [1.29, 1.82) is 0 Å². The number of benzene rings is 1. The van der Waals surface area contributed by atoms with E-state index in [0.29, 0.717) is 25.6 Å². The monoisotopic (exact) mass is 537 g/mol. The summed E-state index contributed by atoms with van der Waals surface area (Å²) in [5, 5.41) is 2.90. The maximum absolute atomic E-state index is 12.4. The molecule has 208 valence electrons. The van der Waals surface area contributed by atoms with Gasteiger partial charge >= 0.3 is 20.8 Å². The Morgan fingerprint density at radius 2 is 1.73 bits per heavy atom. The predicted molar refractivity (Wildman–Crippen MR) is 144 cm³/mol. The average Bonchev–Trinajstić information content (AvgIpc) is 3.36. The Labute approximate surface area is 222 Å². The Morgan fingerprint density at radius 3 is 2.30 bits per heavy atom. The lowest BCUT2D eigenvalue weighted by Crippen LogP contribution is -2.43. The van der Waals surface area contributed by atoms with E-state index in [1.165, 1.54) is 28.2 Å². The lowest BCUT2D eigenvalue weighted by molar-refractivity contribution is -0.147. The first kappa shape index (κ1) is 32.5. The van der Waals surface area contributed by atoms with E-state index in [2.05, 4.69) is 49.3 Å². The fourth-order valence-electron chi connectivity index (χ4n) is 3.77. The summed E-state index contributed by atoms with van der Waals surface area (Å²) in [4.78, 5) is 27.1. The smallest absolute Gasteiger partial charge is 0.460 e. The summed E-state index contributed by atoms with van der Waals surface area (Å²) in [6.45, 7) is 10.5. The van der Waals surface area contributed by atoms with E-state index < -0.39 is 8.80 Å². The SMILES string of the molecule is COCC(C)OC(C)=O.CO[Si](CCCNC(=O)n1cnc(C(C)c2cccc(C)c2C)c1)(OC)OC. The van der Waals surface area contributed by atoms with Crippen LogP contribution in [0.25, 0.3) is 0 Å². The molecule has 1 aromatic heterocycles. The summed E-state index contributed by atoms with van der Waals surface area (Å²) >= 11 is 0. The molecule has 2 rings (SSSR count). The maximum Gasteiger partial charge on any atom is 0.500 e. The van der Waals surface area contributed by atoms with Gasteiger partial charge in [0.1, 0.15) is 12.4 Å². The van der Waals surface area contributed by atoms with Crippen molar-refractivity contribution in [2.45, 2.75) is 59.1 Å². The molecule has 2 aromatic rings. The van der Waals surface area contributed by atoms with Crippen LogP contribution in [0.2, 0.25) is 6.04 Å². The van der Waals surface area contributed by atoms with Gasteiger partial charge in [-0.25, -0.2) is 9.78 Å². The first-order chi connectivity index (χ1) is 17.5. The van der Waals surface area contributed by atoms with Gasteiger partial charge in [0, 0.05) is 60.1 Å². The van der Waals surface area contributed by atoms with E-state index in [0.717, 1.165) is 5.69 Å². The number of aromatic nitrogens is 2. The normalized spacial score (nSPS) is 12.8. The largest absolute Gasteiger partial charge is 0.500 e. The zero-order chi connectivity index (χ0) is 28.0. The van der Waals surface area contributed by atoms with Crippen LogP contribution in [0.3, 0.4) is 0 Å². The van der Waals surface area contributed by atoms with Gasteiger partial charge in [0.05, 0.1) is 12.3 Å². The molecule has 10 nitrogen and oxygen atoms in total. The van der Waals surface area contributed by atoms with Crippen molar-refractivity contribution in [3.63, 3.8) is 0 Å². The van der Waals surface area contributed by atoms with Gasteiger partial charge in [0.2, 0.25) is 0 Å². The molecule has 0 radical (unpaired) electrons. The van der Waals surface area contributed by atoms with Gasteiger partial charge in [0.25, 0.3) is 0 Å². The third kappa shape index (κ3) is 10.4. The minimum atomic E-state index is -2.60. The molecule has 0 aliphatic heterocycles. The molecule has 0 aliphatic rings. The van der Waals surface area contributed by atoms with Gasteiger partial charge in [-0.05, 0) is 43.9 Å². The zero-order valence-corrected chi connectivity index (χ0v) is 24.6. The number of aryl methyl sites for hydroxylation is 1. The number of hydrogen-bond donors (Lipinski definition) is 1. The summed E-state index contributed by atoms with van der Waals surface area (Å²) in [6, 6.07) is 6.71. The van der Waals surface area contributed by atoms with Crippen LogP contribution in [0.15, 0.2) is 30.7 Å². The van der Waals surface area contributed by atoms with Crippen molar-refractivity contribution in [3.05, 3.63) is 53.1 Å². The Morgan fingerprint density at radius 1 is 1.08 bits per heavy atom. The second-order valence-electron chi connectivity index (χ2n) is 8.72. The minimum Gasteiger partial charge on any atom is -0.460 e. The van der Waals surface area contributed by atoms with E-state index in [1.807, 2.05) is 0 Å². The van der Waals surface area contributed by atoms with E-state index in [1.54, 1.807) is 47.9 Å². The van der Waals surface area contributed by atoms with Crippen molar-refractivity contribution in [2.24, 2.45) is 0 Å². The van der Waals surface area contributed by atoms with Gasteiger partial charge in [-0.3, -0.25) is 9.36 Å². The van der Waals surface area contributed by atoms with Crippen molar-refractivity contribution in [3.8, 4) is 0 Å². The van der Waals surface area contributed by atoms with Crippen LogP contribution in [0, 0.1) is 13.8 Å². The molecule has 1 aromatic carbocycles. The van der Waals surface area contributed by atoms with Crippen molar-refractivity contribution >= 4 is 20.8 Å². The standard InChI is InChI=1S/C20H31N3O4Si.C6H12O3/c1-15-9-7-10-18(16(15)2)17(3)19-13-23(14-22-19)20(24)21-11-8-12-28(25-4,26-5)27-6;1-5(4-8-3)9-6(2)7/h7,9-10,13-14,17H,8,11-12H2,1-6H3,(H,21,24);5H,4H2,1-3H3. The molecular weight excluding hydrogens is 494 g/mol. The van der Waals surface area contributed by atoms with E-state index in [9.17, 15) is 9.59 Å². The molecule has 2 atom stereocenters. The van der Waals surface area contributed by atoms with Gasteiger partial charge in [-0.2, -0.15) is 0 Å². The van der Waals surface area contributed by atoms with Crippen LogP contribution < -0.4 is 5.32 Å². The fraction of sp³-hybridized carbons (Fsp3) is 0.577. The van der Waals surface area contributed by atoms with Crippen molar-refractivity contribution < 1.29 is 32.3 Å². The molecule has 1 N–H and O–H groups in total. The van der Waals surface area contributed by atoms with Crippen LogP contribution in [0.5, 0.6) is 0 Å². The quantitative estimate of drug-likeness (QED) is 0.245. The van der Waals surface area contributed by atoms with Gasteiger partial charge in [-0.1, -0.05) is 25.1 Å². The number of methoxy groups -OCH3 is 1. The number of imidazole rings is 1. The molecule has 2 unspecified atom stereocenters. The van der Waals surface area contributed by atoms with Gasteiger partial charge in [-0.15, -0.1) is 0 Å². The summed E-state index contributed by atoms with van der Waals surface area (Å²) in [7, 11) is 3.73. The molecule has 1 heterocycles. The second-order valence-corrected chi connectivity index (χ2v) is 11.8.